The average Bonchev–Trinajstić information content (AvgIpc) is 2.53. The molecule has 1 saturated heterocycles. The molecule has 0 aromatic heterocycles. The van der Waals surface area contributed by atoms with Crippen LogP contribution in [0.4, 0.5) is 0 Å². The molecule has 13 heavy (non-hydrogen) atoms. The minimum Gasteiger partial charge on any atom is -0.481 e. The van der Waals surface area contributed by atoms with Crippen LogP contribution in [0.1, 0.15) is 19.8 Å². The molecule has 0 amide bonds. The monoisotopic (exact) mass is 183 g/mol. The largest absolute Gasteiger partial charge is 0.481 e. The van der Waals surface area contributed by atoms with Crippen LogP contribution < -0.4 is 0 Å². The van der Waals surface area contributed by atoms with Crippen molar-refractivity contribution in [1.82, 2.24) is 4.90 Å². The molecular weight excluding hydrogens is 166 g/mol. The smallest absolute Gasteiger partial charge is 0.310 e. The standard InChI is InChI=1S/C10H17NO2/c1-7-5-10(7,9(12)13)8-3-4-11(2)6-8/h7-8H,3-6H2,1-2H3,(H,12,13). The van der Waals surface area contributed by atoms with Crippen molar-refractivity contribution in [2.45, 2.75) is 19.8 Å². The van der Waals surface area contributed by atoms with Crippen molar-refractivity contribution in [3.63, 3.8) is 0 Å². The van der Waals surface area contributed by atoms with Gasteiger partial charge in [-0.3, -0.25) is 4.79 Å². The van der Waals surface area contributed by atoms with E-state index in [1.807, 2.05) is 0 Å². The van der Waals surface area contributed by atoms with Crippen LogP contribution in [0.25, 0.3) is 0 Å². The fraction of sp³-hybridized carbons (Fsp3) is 0.900. The van der Waals surface area contributed by atoms with Crippen LogP contribution in [0.3, 0.4) is 0 Å². The topological polar surface area (TPSA) is 40.5 Å². The molecule has 3 atom stereocenters. The van der Waals surface area contributed by atoms with Gasteiger partial charge in [0.15, 0.2) is 0 Å². The Labute approximate surface area is 78.7 Å². The van der Waals surface area contributed by atoms with Crippen LogP contribution in [0.5, 0.6) is 0 Å². The van der Waals surface area contributed by atoms with Gasteiger partial charge in [0.25, 0.3) is 0 Å². The first-order valence-corrected chi connectivity index (χ1v) is 4.99. The van der Waals surface area contributed by atoms with E-state index >= 15 is 0 Å². The predicted molar refractivity (Wildman–Crippen MR) is 49.5 cm³/mol. The minimum atomic E-state index is -0.569. The number of aliphatic carboxylic acids is 1. The van der Waals surface area contributed by atoms with Crippen LogP contribution in [-0.4, -0.2) is 36.1 Å². The van der Waals surface area contributed by atoms with E-state index in [0.29, 0.717) is 11.8 Å². The van der Waals surface area contributed by atoms with Gasteiger partial charge in [0.05, 0.1) is 5.41 Å². The van der Waals surface area contributed by atoms with Gasteiger partial charge in [0.2, 0.25) is 0 Å². The van der Waals surface area contributed by atoms with Gasteiger partial charge in [-0.25, -0.2) is 0 Å². The summed E-state index contributed by atoms with van der Waals surface area (Å²) in [5, 5.41) is 9.20. The number of carboxylic acid groups (broad SMARTS) is 1. The molecule has 2 fully saturated rings. The maximum Gasteiger partial charge on any atom is 0.310 e. The van der Waals surface area contributed by atoms with E-state index in [-0.39, 0.29) is 5.41 Å². The van der Waals surface area contributed by atoms with Crippen molar-refractivity contribution >= 4 is 5.97 Å². The zero-order valence-corrected chi connectivity index (χ0v) is 8.29. The quantitative estimate of drug-likeness (QED) is 0.695. The first-order chi connectivity index (χ1) is 6.07. The highest BCUT2D eigenvalue weighted by Crippen LogP contribution is 2.59. The van der Waals surface area contributed by atoms with Crippen LogP contribution in [0, 0.1) is 17.3 Å². The molecule has 1 heterocycles. The molecule has 2 aliphatic rings. The van der Waals surface area contributed by atoms with Crippen molar-refractivity contribution in [2.75, 3.05) is 20.1 Å². The summed E-state index contributed by atoms with van der Waals surface area (Å²) in [5.41, 5.74) is -0.356. The molecule has 3 nitrogen and oxygen atoms in total. The molecule has 0 radical (unpaired) electrons. The lowest BCUT2D eigenvalue weighted by molar-refractivity contribution is -0.146. The van der Waals surface area contributed by atoms with Gasteiger partial charge in [-0.05, 0) is 38.3 Å². The van der Waals surface area contributed by atoms with E-state index in [0.717, 1.165) is 25.9 Å². The summed E-state index contributed by atoms with van der Waals surface area (Å²) in [4.78, 5) is 13.4. The highest BCUT2D eigenvalue weighted by Gasteiger charge is 2.62. The molecule has 0 aromatic carbocycles. The third kappa shape index (κ3) is 1.17. The second kappa shape index (κ2) is 2.71. The minimum absolute atomic E-state index is 0.356. The van der Waals surface area contributed by atoms with E-state index in [1.165, 1.54) is 0 Å². The summed E-state index contributed by atoms with van der Waals surface area (Å²) in [5.74, 6) is 0.215. The maximum atomic E-state index is 11.2. The fourth-order valence-electron chi connectivity index (χ4n) is 2.84. The molecular formula is C10H17NO2. The van der Waals surface area contributed by atoms with Crippen molar-refractivity contribution in [2.24, 2.45) is 17.3 Å². The van der Waals surface area contributed by atoms with Gasteiger partial charge in [0.1, 0.15) is 0 Å². The second-order valence-electron chi connectivity index (χ2n) is 4.70. The zero-order valence-electron chi connectivity index (χ0n) is 8.29. The van der Waals surface area contributed by atoms with Crippen molar-refractivity contribution < 1.29 is 9.90 Å². The molecule has 74 valence electrons. The van der Waals surface area contributed by atoms with Crippen LogP contribution in [-0.2, 0) is 4.79 Å². The number of carboxylic acids is 1. The average molecular weight is 183 g/mol. The molecule has 0 spiro atoms. The Morgan fingerprint density at radius 2 is 2.23 bits per heavy atom. The summed E-state index contributed by atoms with van der Waals surface area (Å²) in [6.07, 6.45) is 1.95. The third-order valence-electron chi connectivity index (χ3n) is 3.88. The van der Waals surface area contributed by atoms with Crippen molar-refractivity contribution in [3.05, 3.63) is 0 Å². The van der Waals surface area contributed by atoms with Crippen molar-refractivity contribution in [1.29, 1.82) is 0 Å². The Bertz CT molecular complexity index is 241. The first-order valence-electron chi connectivity index (χ1n) is 4.99. The summed E-state index contributed by atoms with van der Waals surface area (Å²) >= 11 is 0. The Kier molecular flexibility index (Phi) is 1.88. The summed E-state index contributed by atoms with van der Waals surface area (Å²) in [6.45, 7) is 4.09. The predicted octanol–water partition coefficient (Wildman–Crippen LogP) is 1.05. The summed E-state index contributed by atoms with van der Waals surface area (Å²) < 4.78 is 0. The van der Waals surface area contributed by atoms with Gasteiger partial charge in [0, 0.05) is 6.54 Å². The van der Waals surface area contributed by atoms with E-state index in [2.05, 4.69) is 18.9 Å². The van der Waals surface area contributed by atoms with E-state index in [1.54, 1.807) is 0 Å². The second-order valence-corrected chi connectivity index (χ2v) is 4.70. The molecule has 1 aliphatic carbocycles. The lowest BCUT2D eigenvalue weighted by atomic mass is 9.86. The van der Waals surface area contributed by atoms with E-state index in [9.17, 15) is 9.90 Å². The Hall–Kier alpha value is -0.570. The first kappa shape index (κ1) is 9.00. The van der Waals surface area contributed by atoms with Crippen LogP contribution in [0.15, 0.2) is 0 Å². The number of carbonyl (C=O) groups is 1. The number of nitrogens with zero attached hydrogens (tertiary/aromatic N) is 1. The van der Waals surface area contributed by atoms with Crippen LogP contribution >= 0.6 is 0 Å². The Balaban J connectivity index is 2.11. The van der Waals surface area contributed by atoms with Gasteiger partial charge < -0.3 is 10.0 Å². The van der Waals surface area contributed by atoms with Crippen LogP contribution in [0.2, 0.25) is 0 Å². The number of hydrogen-bond acceptors (Lipinski definition) is 2. The molecule has 1 aliphatic heterocycles. The third-order valence-corrected chi connectivity index (χ3v) is 3.88. The maximum absolute atomic E-state index is 11.2. The zero-order chi connectivity index (χ0) is 9.64. The van der Waals surface area contributed by atoms with E-state index in [4.69, 9.17) is 0 Å². The molecule has 3 unspecified atom stereocenters. The Morgan fingerprint density at radius 1 is 1.62 bits per heavy atom. The SMILES string of the molecule is CC1CC1(C(=O)O)C1CCN(C)C1. The van der Waals surface area contributed by atoms with E-state index < -0.39 is 5.97 Å². The number of hydrogen-bond donors (Lipinski definition) is 1. The number of rotatable bonds is 2. The molecule has 3 heteroatoms. The number of likely N-dealkylation sites (tertiary alicyclic amines) is 1. The lowest BCUT2D eigenvalue weighted by Gasteiger charge is -2.19. The summed E-state index contributed by atoms with van der Waals surface area (Å²) in [7, 11) is 2.07. The van der Waals surface area contributed by atoms with Gasteiger partial charge in [-0.2, -0.15) is 0 Å². The lowest BCUT2D eigenvalue weighted by Crippen LogP contribution is -2.29. The highest BCUT2D eigenvalue weighted by molar-refractivity contribution is 5.79. The van der Waals surface area contributed by atoms with Gasteiger partial charge >= 0.3 is 5.97 Å². The fourth-order valence-corrected chi connectivity index (χ4v) is 2.84. The molecule has 2 rings (SSSR count). The highest BCUT2D eigenvalue weighted by atomic mass is 16.4. The summed E-state index contributed by atoms with van der Waals surface area (Å²) in [6, 6.07) is 0. The normalized spacial score (nSPS) is 45.1. The molecule has 0 aromatic rings. The molecule has 1 N–H and O–H groups in total. The van der Waals surface area contributed by atoms with Gasteiger partial charge in [-0.15, -0.1) is 0 Å². The molecule has 1 saturated carbocycles. The van der Waals surface area contributed by atoms with Crippen molar-refractivity contribution in [3.8, 4) is 0 Å². The molecule has 0 bridgehead atoms. The Morgan fingerprint density at radius 3 is 2.54 bits per heavy atom. The van der Waals surface area contributed by atoms with Gasteiger partial charge in [-0.1, -0.05) is 6.92 Å².